The van der Waals surface area contributed by atoms with Crippen molar-refractivity contribution in [3.63, 3.8) is 0 Å². The van der Waals surface area contributed by atoms with Crippen molar-refractivity contribution in [1.82, 2.24) is 9.78 Å². The number of hydrogen-bond acceptors (Lipinski definition) is 4. The molecule has 10 heteroatoms. The van der Waals surface area contributed by atoms with Gasteiger partial charge < -0.3 is 5.32 Å². The number of anilines is 1. The first-order chi connectivity index (χ1) is 13.3. The monoisotopic (exact) mass is 438 g/mol. The van der Waals surface area contributed by atoms with Crippen molar-refractivity contribution in [2.24, 2.45) is 0 Å². The summed E-state index contributed by atoms with van der Waals surface area (Å²) in [5.41, 5.74) is 0.937. The molecule has 0 saturated carbocycles. The van der Waals surface area contributed by atoms with E-state index in [4.69, 9.17) is 34.8 Å². The topological polar surface area (TPSA) is 90.1 Å². The van der Waals surface area contributed by atoms with E-state index in [0.29, 0.717) is 15.6 Å². The van der Waals surface area contributed by atoms with Gasteiger partial charge in [-0.1, -0.05) is 46.9 Å². The molecule has 0 atom stereocenters. The highest BCUT2D eigenvalue weighted by Gasteiger charge is 2.20. The third kappa shape index (κ3) is 4.11. The Balaban J connectivity index is 1.84. The van der Waals surface area contributed by atoms with Gasteiger partial charge in [0, 0.05) is 39.0 Å². The summed E-state index contributed by atoms with van der Waals surface area (Å²) in [5.74, 6) is -0.426. The minimum atomic E-state index is -0.552. The minimum absolute atomic E-state index is 0.126. The third-order valence-corrected chi connectivity index (χ3v) is 5.06. The van der Waals surface area contributed by atoms with Gasteiger partial charge in [-0.05, 0) is 25.1 Å². The third-order valence-electron chi connectivity index (χ3n) is 4.08. The van der Waals surface area contributed by atoms with Crippen molar-refractivity contribution in [2.45, 2.75) is 13.5 Å². The molecule has 3 aromatic rings. The van der Waals surface area contributed by atoms with Gasteiger partial charge in [0.25, 0.3) is 11.6 Å². The van der Waals surface area contributed by atoms with Crippen molar-refractivity contribution in [3.8, 4) is 0 Å². The maximum atomic E-state index is 12.6. The Kier molecular flexibility index (Phi) is 5.88. The van der Waals surface area contributed by atoms with Gasteiger partial charge in [0.15, 0.2) is 5.82 Å². The Morgan fingerprint density at radius 3 is 2.43 bits per heavy atom. The minimum Gasteiger partial charge on any atom is -0.304 e. The normalized spacial score (nSPS) is 10.7. The second-order valence-corrected chi connectivity index (χ2v) is 7.11. The molecule has 2 aromatic carbocycles. The van der Waals surface area contributed by atoms with Gasteiger partial charge in [-0.25, -0.2) is 0 Å². The quantitative estimate of drug-likeness (QED) is 0.428. The summed E-state index contributed by atoms with van der Waals surface area (Å²) in [5, 5.41) is 19.1. The number of nitro benzene ring substituents is 1. The summed E-state index contributed by atoms with van der Waals surface area (Å²) in [4.78, 5) is 23.1. The Hall–Kier alpha value is -2.61. The zero-order chi connectivity index (χ0) is 20.4. The van der Waals surface area contributed by atoms with E-state index in [-0.39, 0.29) is 34.2 Å². The Bertz CT molecular complexity index is 1060. The molecule has 0 unspecified atom stereocenters. The van der Waals surface area contributed by atoms with Gasteiger partial charge in [-0.15, -0.1) is 0 Å². The van der Waals surface area contributed by atoms with Crippen LogP contribution in [-0.4, -0.2) is 20.6 Å². The number of aromatic nitrogens is 2. The average molecular weight is 440 g/mol. The van der Waals surface area contributed by atoms with E-state index in [1.807, 2.05) is 0 Å². The molecule has 3 rings (SSSR count). The second kappa shape index (κ2) is 8.18. The van der Waals surface area contributed by atoms with Crippen LogP contribution in [0, 0.1) is 17.0 Å². The van der Waals surface area contributed by atoms with E-state index in [0.717, 1.165) is 0 Å². The summed E-state index contributed by atoms with van der Waals surface area (Å²) in [7, 11) is 0. The molecule has 0 fully saturated rings. The highest BCUT2D eigenvalue weighted by molar-refractivity contribution is 6.36. The van der Waals surface area contributed by atoms with Gasteiger partial charge in [0.2, 0.25) is 0 Å². The smallest absolute Gasteiger partial charge is 0.273 e. The number of hydrogen-bond donors (Lipinski definition) is 1. The van der Waals surface area contributed by atoms with Crippen LogP contribution in [0.5, 0.6) is 0 Å². The summed E-state index contributed by atoms with van der Waals surface area (Å²) in [6.07, 6.45) is 1.52. The van der Waals surface area contributed by atoms with E-state index < -0.39 is 10.8 Å². The molecule has 0 aliphatic heterocycles. The van der Waals surface area contributed by atoms with Gasteiger partial charge in [-0.3, -0.25) is 19.6 Å². The number of amides is 1. The predicted octanol–water partition coefficient (Wildman–Crippen LogP) is 5.36. The lowest BCUT2D eigenvalue weighted by atomic mass is 10.1. The molecule has 1 N–H and O–H groups in total. The molecule has 0 bridgehead atoms. The van der Waals surface area contributed by atoms with Crippen molar-refractivity contribution < 1.29 is 9.72 Å². The fourth-order valence-electron chi connectivity index (χ4n) is 2.65. The van der Waals surface area contributed by atoms with Crippen LogP contribution in [0.1, 0.15) is 21.5 Å². The second-order valence-electron chi connectivity index (χ2n) is 5.88. The number of carbonyl (C=O) groups excluding carboxylic acids is 1. The van der Waals surface area contributed by atoms with Gasteiger partial charge in [0.1, 0.15) is 5.02 Å². The van der Waals surface area contributed by atoms with E-state index in [9.17, 15) is 14.9 Å². The number of benzene rings is 2. The fraction of sp³-hybridized carbons (Fsp3) is 0.111. The van der Waals surface area contributed by atoms with Gasteiger partial charge in [-0.2, -0.15) is 5.10 Å². The van der Waals surface area contributed by atoms with E-state index in [1.165, 1.54) is 36.0 Å². The van der Waals surface area contributed by atoms with Crippen LogP contribution in [-0.2, 0) is 6.54 Å². The van der Waals surface area contributed by atoms with Crippen LogP contribution in [0.4, 0.5) is 11.5 Å². The highest BCUT2D eigenvalue weighted by atomic mass is 35.5. The zero-order valence-electron chi connectivity index (χ0n) is 14.4. The van der Waals surface area contributed by atoms with Crippen molar-refractivity contribution in [1.29, 1.82) is 0 Å². The predicted molar refractivity (Wildman–Crippen MR) is 109 cm³/mol. The number of nitrogens with zero attached hydrogens (tertiary/aromatic N) is 3. The lowest BCUT2D eigenvalue weighted by Gasteiger charge is -2.07. The molecular weight excluding hydrogens is 427 g/mol. The lowest BCUT2D eigenvalue weighted by molar-refractivity contribution is -0.385. The molecule has 0 aliphatic rings. The molecular formula is C18H13Cl3N4O3. The van der Waals surface area contributed by atoms with Crippen molar-refractivity contribution in [3.05, 3.63) is 84.5 Å². The van der Waals surface area contributed by atoms with E-state index in [1.54, 1.807) is 18.2 Å². The van der Waals surface area contributed by atoms with Crippen LogP contribution < -0.4 is 5.32 Å². The SMILES string of the molecule is Cc1c(C(=O)Nc2nn(Cc3c(Cl)cccc3Cl)cc2Cl)cccc1[N+](=O)[O-]. The number of rotatable bonds is 5. The lowest BCUT2D eigenvalue weighted by Crippen LogP contribution is -2.15. The summed E-state index contributed by atoms with van der Waals surface area (Å²) in [6.45, 7) is 1.76. The van der Waals surface area contributed by atoms with E-state index in [2.05, 4.69) is 10.4 Å². The number of halogens is 3. The van der Waals surface area contributed by atoms with Crippen LogP contribution >= 0.6 is 34.8 Å². The molecule has 144 valence electrons. The summed E-state index contributed by atoms with van der Waals surface area (Å²) < 4.78 is 1.49. The number of nitrogens with one attached hydrogen (secondary N) is 1. The Labute approximate surface area is 175 Å². The Morgan fingerprint density at radius 1 is 1.14 bits per heavy atom. The largest absolute Gasteiger partial charge is 0.304 e. The van der Waals surface area contributed by atoms with Crippen molar-refractivity contribution >= 4 is 52.2 Å². The maximum absolute atomic E-state index is 12.6. The molecule has 7 nitrogen and oxygen atoms in total. The number of nitro groups is 1. The summed E-state index contributed by atoms with van der Waals surface area (Å²) >= 11 is 18.5. The first-order valence-electron chi connectivity index (χ1n) is 7.99. The molecule has 0 saturated heterocycles. The van der Waals surface area contributed by atoms with Crippen LogP contribution in [0.2, 0.25) is 15.1 Å². The molecule has 1 aromatic heterocycles. The molecule has 1 heterocycles. The first kappa shape index (κ1) is 20.1. The molecule has 0 spiro atoms. The first-order valence-corrected chi connectivity index (χ1v) is 9.12. The highest BCUT2D eigenvalue weighted by Crippen LogP contribution is 2.27. The standard InChI is InChI=1S/C18H13Cl3N4O3/c1-10-11(4-2-7-16(10)25(27)28)18(26)22-17-15(21)9-24(23-17)8-12-13(19)5-3-6-14(12)20/h2-7,9H,8H2,1H3,(H,22,23,26). The summed E-state index contributed by atoms with van der Waals surface area (Å²) in [6, 6.07) is 9.42. The van der Waals surface area contributed by atoms with Crippen LogP contribution in [0.15, 0.2) is 42.6 Å². The fourth-order valence-corrected chi connectivity index (χ4v) is 3.36. The Morgan fingerprint density at radius 2 is 1.79 bits per heavy atom. The maximum Gasteiger partial charge on any atom is 0.273 e. The van der Waals surface area contributed by atoms with Crippen LogP contribution in [0.3, 0.4) is 0 Å². The van der Waals surface area contributed by atoms with Gasteiger partial charge >= 0.3 is 0 Å². The number of carbonyl (C=O) groups is 1. The molecule has 28 heavy (non-hydrogen) atoms. The molecule has 1 amide bonds. The average Bonchev–Trinajstić information content (AvgIpc) is 2.97. The zero-order valence-corrected chi connectivity index (χ0v) is 16.7. The van der Waals surface area contributed by atoms with Gasteiger partial charge in [0.05, 0.1) is 11.5 Å². The van der Waals surface area contributed by atoms with E-state index >= 15 is 0 Å². The molecule has 0 radical (unpaired) electrons. The van der Waals surface area contributed by atoms with Crippen LogP contribution in [0.25, 0.3) is 0 Å². The molecule has 0 aliphatic carbocycles. The van der Waals surface area contributed by atoms with Crippen molar-refractivity contribution in [2.75, 3.05) is 5.32 Å².